The predicted molar refractivity (Wildman–Crippen MR) is 79.9 cm³/mol. The molecule has 1 N–H and O–H groups in total. The van der Waals surface area contributed by atoms with Gasteiger partial charge in [-0.3, -0.25) is 0 Å². The van der Waals surface area contributed by atoms with E-state index >= 15 is 0 Å². The molecule has 0 aromatic heterocycles. The van der Waals surface area contributed by atoms with E-state index in [0.717, 1.165) is 25.6 Å². The second kappa shape index (κ2) is 6.44. The molecule has 0 spiro atoms. The van der Waals surface area contributed by atoms with E-state index in [2.05, 4.69) is 19.2 Å². The molecule has 1 unspecified atom stereocenters. The number of piperazine rings is 1. The van der Waals surface area contributed by atoms with Gasteiger partial charge in [-0.25, -0.2) is 0 Å². The van der Waals surface area contributed by atoms with Crippen LogP contribution in [0.2, 0.25) is 5.02 Å². The average Bonchev–Trinajstić information content (AvgIpc) is 2.37. The van der Waals surface area contributed by atoms with Gasteiger partial charge in [0.15, 0.2) is 0 Å². The van der Waals surface area contributed by atoms with E-state index in [4.69, 9.17) is 11.6 Å². The van der Waals surface area contributed by atoms with Crippen molar-refractivity contribution in [2.24, 2.45) is 5.92 Å². The summed E-state index contributed by atoms with van der Waals surface area (Å²) in [6.45, 7) is 6.49. The normalized spacial score (nSPS) is 20.1. The van der Waals surface area contributed by atoms with Crippen LogP contribution in [-0.2, 0) is 6.18 Å². The molecule has 2 rings (SSSR count). The third kappa shape index (κ3) is 4.27. The van der Waals surface area contributed by atoms with Crippen molar-refractivity contribution in [3.05, 3.63) is 28.8 Å². The van der Waals surface area contributed by atoms with Crippen LogP contribution in [0, 0.1) is 5.92 Å². The minimum atomic E-state index is -4.42. The number of nitrogens with zero attached hydrogens (tertiary/aromatic N) is 1. The van der Waals surface area contributed by atoms with Crippen LogP contribution in [0.4, 0.5) is 18.9 Å². The van der Waals surface area contributed by atoms with Crippen molar-refractivity contribution in [3.8, 4) is 0 Å². The van der Waals surface area contributed by atoms with Crippen LogP contribution in [0.3, 0.4) is 0 Å². The maximum atomic E-state index is 12.9. The van der Waals surface area contributed by atoms with Crippen molar-refractivity contribution in [3.63, 3.8) is 0 Å². The number of hydrogen-bond donors (Lipinski definition) is 1. The minimum Gasteiger partial charge on any atom is -0.369 e. The first kappa shape index (κ1) is 16.4. The number of nitrogens with one attached hydrogen (secondary N) is 1. The van der Waals surface area contributed by atoms with Crippen LogP contribution in [-0.4, -0.2) is 25.7 Å². The summed E-state index contributed by atoms with van der Waals surface area (Å²) in [5, 5.41) is 3.17. The third-order valence-electron chi connectivity index (χ3n) is 3.63. The Kier molecular flexibility index (Phi) is 5.04. The molecule has 1 aliphatic heterocycles. The lowest BCUT2D eigenvalue weighted by Crippen LogP contribution is -2.51. The Balaban J connectivity index is 2.18. The summed E-state index contributed by atoms with van der Waals surface area (Å²) >= 11 is 5.67. The predicted octanol–water partition coefficient (Wildman–Crippen LogP) is 4.18. The Morgan fingerprint density at radius 2 is 2.10 bits per heavy atom. The van der Waals surface area contributed by atoms with Gasteiger partial charge in [-0.1, -0.05) is 25.4 Å². The van der Waals surface area contributed by atoms with Crippen LogP contribution in [0.25, 0.3) is 0 Å². The second-order valence-corrected chi connectivity index (χ2v) is 6.30. The highest BCUT2D eigenvalue weighted by Crippen LogP contribution is 2.37. The Morgan fingerprint density at radius 1 is 1.38 bits per heavy atom. The van der Waals surface area contributed by atoms with Gasteiger partial charge in [0.1, 0.15) is 0 Å². The van der Waals surface area contributed by atoms with E-state index < -0.39 is 11.7 Å². The molecular weight excluding hydrogens is 301 g/mol. The van der Waals surface area contributed by atoms with Crippen molar-refractivity contribution in [1.29, 1.82) is 0 Å². The maximum absolute atomic E-state index is 12.9. The number of rotatable bonds is 3. The molecule has 118 valence electrons. The molecule has 1 fully saturated rings. The fourth-order valence-electron chi connectivity index (χ4n) is 2.71. The van der Waals surface area contributed by atoms with E-state index in [9.17, 15) is 13.2 Å². The number of alkyl halides is 3. The van der Waals surface area contributed by atoms with Gasteiger partial charge >= 0.3 is 6.18 Å². The lowest BCUT2D eigenvalue weighted by atomic mass is 10.0. The molecule has 0 saturated carbocycles. The number of halogens is 4. The van der Waals surface area contributed by atoms with Crippen molar-refractivity contribution >= 4 is 17.3 Å². The summed E-state index contributed by atoms with van der Waals surface area (Å²) in [6.07, 6.45) is -3.41. The first-order valence-corrected chi connectivity index (χ1v) is 7.50. The topological polar surface area (TPSA) is 15.3 Å². The molecule has 2 nitrogen and oxygen atoms in total. The highest BCUT2D eigenvalue weighted by atomic mass is 35.5. The lowest BCUT2D eigenvalue weighted by molar-refractivity contribution is -0.137. The first-order chi connectivity index (χ1) is 9.77. The van der Waals surface area contributed by atoms with Crippen molar-refractivity contribution in [1.82, 2.24) is 5.32 Å². The second-order valence-electron chi connectivity index (χ2n) is 5.89. The summed E-state index contributed by atoms with van der Waals surface area (Å²) in [4.78, 5) is 2.00. The van der Waals surface area contributed by atoms with Crippen molar-refractivity contribution in [2.75, 3.05) is 24.5 Å². The molecule has 6 heteroatoms. The lowest BCUT2D eigenvalue weighted by Gasteiger charge is -2.36. The molecule has 1 aliphatic rings. The highest BCUT2D eigenvalue weighted by molar-refractivity contribution is 6.31. The van der Waals surface area contributed by atoms with Crippen LogP contribution >= 0.6 is 11.6 Å². The van der Waals surface area contributed by atoms with E-state index in [-0.39, 0.29) is 5.02 Å². The molecule has 1 heterocycles. The summed E-state index contributed by atoms with van der Waals surface area (Å²) in [7, 11) is 0. The van der Waals surface area contributed by atoms with Crippen molar-refractivity contribution in [2.45, 2.75) is 32.5 Å². The fourth-order valence-corrected chi connectivity index (χ4v) is 2.94. The molecule has 0 aliphatic carbocycles. The standard InChI is InChI=1S/C15H20ClF3N2/c1-10(2)7-11-9-21(6-5-20-11)12-3-4-14(16)13(8-12)15(17,18)19/h3-4,8,10-11,20H,5-7,9H2,1-2H3. The molecule has 1 saturated heterocycles. The fraction of sp³-hybridized carbons (Fsp3) is 0.600. The molecule has 1 aromatic rings. The minimum absolute atomic E-state index is 0.250. The Labute approximate surface area is 128 Å². The zero-order valence-corrected chi connectivity index (χ0v) is 12.9. The van der Waals surface area contributed by atoms with E-state index in [1.54, 1.807) is 6.07 Å². The largest absolute Gasteiger partial charge is 0.417 e. The maximum Gasteiger partial charge on any atom is 0.417 e. The van der Waals surface area contributed by atoms with Gasteiger partial charge < -0.3 is 10.2 Å². The summed E-state index contributed by atoms with van der Waals surface area (Å²) in [5.74, 6) is 0.554. The SMILES string of the molecule is CC(C)CC1CN(c2ccc(Cl)c(C(F)(F)F)c2)CCN1. The van der Waals surface area contributed by atoms with Crippen LogP contribution in [0.5, 0.6) is 0 Å². The van der Waals surface area contributed by atoms with Gasteiger partial charge in [-0.05, 0) is 30.5 Å². The van der Waals surface area contributed by atoms with Crippen LogP contribution in [0.15, 0.2) is 18.2 Å². The third-order valence-corrected chi connectivity index (χ3v) is 3.96. The molecule has 1 atom stereocenters. The Morgan fingerprint density at radius 3 is 2.71 bits per heavy atom. The quantitative estimate of drug-likeness (QED) is 0.898. The monoisotopic (exact) mass is 320 g/mol. The number of benzene rings is 1. The van der Waals surface area contributed by atoms with Gasteiger partial charge in [0.05, 0.1) is 10.6 Å². The summed E-state index contributed by atoms with van der Waals surface area (Å²) < 4.78 is 38.8. The average molecular weight is 321 g/mol. The molecule has 0 radical (unpaired) electrons. The van der Waals surface area contributed by atoms with Crippen LogP contribution < -0.4 is 10.2 Å². The first-order valence-electron chi connectivity index (χ1n) is 7.12. The zero-order valence-electron chi connectivity index (χ0n) is 12.2. The Bertz CT molecular complexity index is 488. The van der Waals surface area contributed by atoms with Gasteiger partial charge in [0, 0.05) is 31.4 Å². The molecule has 0 bridgehead atoms. The summed E-state index contributed by atoms with van der Waals surface area (Å²) in [6, 6.07) is 4.46. The van der Waals surface area contributed by atoms with E-state index in [1.165, 1.54) is 6.07 Å². The zero-order chi connectivity index (χ0) is 15.6. The summed E-state index contributed by atoms with van der Waals surface area (Å²) in [5.41, 5.74) is -0.178. The smallest absolute Gasteiger partial charge is 0.369 e. The molecular formula is C15H20ClF3N2. The van der Waals surface area contributed by atoms with Gasteiger partial charge in [0.2, 0.25) is 0 Å². The molecule has 21 heavy (non-hydrogen) atoms. The van der Waals surface area contributed by atoms with E-state index in [0.29, 0.717) is 24.2 Å². The van der Waals surface area contributed by atoms with Gasteiger partial charge in [-0.2, -0.15) is 13.2 Å². The molecule has 0 amide bonds. The van der Waals surface area contributed by atoms with Gasteiger partial charge in [0.25, 0.3) is 0 Å². The highest BCUT2D eigenvalue weighted by Gasteiger charge is 2.34. The van der Waals surface area contributed by atoms with Gasteiger partial charge in [-0.15, -0.1) is 0 Å². The molecule has 1 aromatic carbocycles. The number of anilines is 1. The van der Waals surface area contributed by atoms with Crippen LogP contribution in [0.1, 0.15) is 25.8 Å². The van der Waals surface area contributed by atoms with E-state index in [1.807, 2.05) is 4.90 Å². The number of hydrogen-bond acceptors (Lipinski definition) is 2. The van der Waals surface area contributed by atoms with Crippen molar-refractivity contribution < 1.29 is 13.2 Å². The Hall–Kier alpha value is -0.940.